The number of aromatic nitrogens is 3. The second-order valence-corrected chi connectivity index (χ2v) is 4.23. The van der Waals surface area contributed by atoms with Crippen molar-refractivity contribution >= 4 is 29.3 Å². The standard InChI is InChI=1S/C9H6ClN3O3S/c10-5-2-1-3-11-7(5)8-12-9(16-13-8)17-4-6(14)15/h1-3H,4H2,(H,14,15). The van der Waals surface area contributed by atoms with Gasteiger partial charge in [0.1, 0.15) is 11.4 Å². The van der Waals surface area contributed by atoms with E-state index in [-0.39, 0.29) is 16.8 Å². The summed E-state index contributed by atoms with van der Waals surface area (Å²) in [5.74, 6) is -0.855. The van der Waals surface area contributed by atoms with Crippen molar-refractivity contribution in [1.29, 1.82) is 0 Å². The number of carboxylic acid groups (broad SMARTS) is 1. The number of rotatable bonds is 4. The monoisotopic (exact) mass is 271 g/mol. The van der Waals surface area contributed by atoms with Crippen LogP contribution in [-0.2, 0) is 4.79 Å². The number of pyridine rings is 1. The zero-order valence-corrected chi connectivity index (χ0v) is 9.90. The molecule has 0 saturated carbocycles. The predicted molar refractivity (Wildman–Crippen MR) is 60.9 cm³/mol. The summed E-state index contributed by atoms with van der Waals surface area (Å²) in [5, 5.41) is 12.8. The molecule has 6 nitrogen and oxygen atoms in total. The molecule has 0 aliphatic heterocycles. The van der Waals surface area contributed by atoms with Crippen molar-refractivity contribution in [2.45, 2.75) is 5.22 Å². The SMILES string of the molecule is O=C(O)CSc1nc(-c2ncccc2Cl)no1. The number of nitrogens with zero attached hydrogens (tertiary/aromatic N) is 3. The lowest BCUT2D eigenvalue weighted by atomic mass is 10.3. The Hall–Kier alpha value is -1.60. The Bertz CT molecular complexity index is 546. The van der Waals surface area contributed by atoms with Crippen LogP contribution in [0, 0.1) is 0 Å². The summed E-state index contributed by atoms with van der Waals surface area (Å²) in [6.07, 6.45) is 1.56. The average molecular weight is 272 g/mol. The molecule has 2 heterocycles. The van der Waals surface area contributed by atoms with Crippen LogP contribution in [0.1, 0.15) is 0 Å². The van der Waals surface area contributed by atoms with Crippen molar-refractivity contribution in [2.75, 3.05) is 5.75 Å². The third-order valence-electron chi connectivity index (χ3n) is 1.70. The average Bonchev–Trinajstić information content (AvgIpc) is 2.75. The van der Waals surface area contributed by atoms with E-state index in [0.717, 1.165) is 11.8 Å². The largest absolute Gasteiger partial charge is 0.481 e. The van der Waals surface area contributed by atoms with Gasteiger partial charge in [-0.05, 0) is 12.1 Å². The van der Waals surface area contributed by atoms with Crippen LogP contribution in [0.2, 0.25) is 5.02 Å². The highest BCUT2D eigenvalue weighted by molar-refractivity contribution is 7.99. The molecule has 0 aliphatic rings. The zero-order valence-electron chi connectivity index (χ0n) is 8.33. The molecule has 0 saturated heterocycles. The van der Waals surface area contributed by atoms with Crippen LogP contribution >= 0.6 is 23.4 Å². The normalized spacial score (nSPS) is 10.4. The molecule has 2 rings (SSSR count). The second kappa shape index (κ2) is 5.15. The van der Waals surface area contributed by atoms with Crippen LogP contribution < -0.4 is 0 Å². The van der Waals surface area contributed by atoms with Gasteiger partial charge >= 0.3 is 5.97 Å². The lowest BCUT2D eigenvalue weighted by molar-refractivity contribution is -0.133. The molecular formula is C9H6ClN3O3S. The van der Waals surface area contributed by atoms with E-state index in [2.05, 4.69) is 15.1 Å². The molecule has 0 unspecified atom stereocenters. The van der Waals surface area contributed by atoms with Crippen LogP contribution in [0.4, 0.5) is 0 Å². The first-order valence-corrected chi connectivity index (χ1v) is 5.82. The van der Waals surface area contributed by atoms with Crippen LogP contribution in [0.15, 0.2) is 28.1 Å². The molecule has 2 aromatic rings. The fraction of sp³-hybridized carbons (Fsp3) is 0.111. The van der Waals surface area contributed by atoms with E-state index in [1.807, 2.05) is 0 Å². The first-order chi connectivity index (χ1) is 8.16. The first-order valence-electron chi connectivity index (χ1n) is 4.46. The molecule has 0 spiro atoms. The maximum atomic E-state index is 10.4. The predicted octanol–water partition coefficient (Wildman–Crippen LogP) is 1.96. The Morgan fingerprint density at radius 2 is 2.41 bits per heavy atom. The van der Waals surface area contributed by atoms with Gasteiger partial charge in [0.2, 0.25) is 5.82 Å². The maximum Gasteiger partial charge on any atom is 0.314 e. The minimum atomic E-state index is -0.953. The molecule has 88 valence electrons. The quantitative estimate of drug-likeness (QED) is 0.850. The Balaban J connectivity index is 2.18. The van der Waals surface area contributed by atoms with Crippen LogP contribution in [0.5, 0.6) is 0 Å². The van der Waals surface area contributed by atoms with Crippen molar-refractivity contribution in [2.24, 2.45) is 0 Å². The van der Waals surface area contributed by atoms with E-state index in [4.69, 9.17) is 21.2 Å². The van der Waals surface area contributed by atoms with Crippen molar-refractivity contribution in [3.8, 4) is 11.5 Å². The van der Waals surface area contributed by atoms with Gasteiger partial charge in [-0.25, -0.2) is 0 Å². The molecular weight excluding hydrogens is 266 g/mol. The summed E-state index contributed by atoms with van der Waals surface area (Å²) in [6.45, 7) is 0. The second-order valence-electron chi connectivity index (χ2n) is 2.90. The molecule has 0 aromatic carbocycles. The number of aliphatic carboxylic acids is 1. The summed E-state index contributed by atoms with van der Waals surface area (Å²) < 4.78 is 4.86. The van der Waals surface area contributed by atoms with Gasteiger partial charge in [-0.2, -0.15) is 4.98 Å². The Kier molecular flexibility index (Phi) is 3.60. The van der Waals surface area contributed by atoms with Gasteiger partial charge in [0, 0.05) is 6.20 Å². The van der Waals surface area contributed by atoms with E-state index in [1.54, 1.807) is 18.3 Å². The van der Waals surface area contributed by atoms with E-state index in [9.17, 15) is 4.79 Å². The Morgan fingerprint density at radius 1 is 1.59 bits per heavy atom. The summed E-state index contributed by atoms with van der Waals surface area (Å²) in [7, 11) is 0. The van der Waals surface area contributed by atoms with Crippen LogP contribution in [0.3, 0.4) is 0 Å². The molecule has 0 atom stereocenters. The number of thioether (sulfide) groups is 1. The minimum Gasteiger partial charge on any atom is -0.481 e. The lowest BCUT2D eigenvalue weighted by Crippen LogP contribution is -1.97. The van der Waals surface area contributed by atoms with Crippen LogP contribution in [0.25, 0.3) is 11.5 Å². The minimum absolute atomic E-state index is 0.141. The van der Waals surface area contributed by atoms with E-state index in [1.165, 1.54) is 0 Å². The fourth-order valence-electron chi connectivity index (χ4n) is 1.04. The summed E-state index contributed by atoms with van der Waals surface area (Å²) in [6, 6.07) is 3.34. The van der Waals surface area contributed by atoms with E-state index < -0.39 is 5.97 Å². The highest BCUT2D eigenvalue weighted by atomic mass is 35.5. The molecule has 0 radical (unpaired) electrons. The summed E-state index contributed by atoms with van der Waals surface area (Å²) in [5.41, 5.74) is 0.403. The third kappa shape index (κ3) is 2.95. The number of carboxylic acids is 1. The molecule has 1 N–H and O–H groups in total. The highest BCUT2D eigenvalue weighted by Gasteiger charge is 2.13. The van der Waals surface area contributed by atoms with Crippen molar-refractivity contribution in [3.05, 3.63) is 23.4 Å². The third-order valence-corrected chi connectivity index (χ3v) is 2.81. The van der Waals surface area contributed by atoms with Crippen molar-refractivity contribution < 1.29 is 14.4 Å². The van der Waals surface area contributed by atoms with E-state index in [0.29, 0.717) is 10.7 Å². The maximum absolute atomic E-state index is 10.4. The van der Waals surface area contributed by atoms with Gasteiger partial charge in [-0.1, -0.05) is 28.5 Å². The van der Waals surface area contributed by atoms with Gasteiger partial charge in [-0.15, -0.1) is 0 Å². The molecule has 17 heavy (non-hydrogen) atoms. The molecule has 2 aromatic heterocycles. The number of carbonyl (C=O) groups is 1. The van der Waals surface area contributed by atoms with Crippen LogP contribution in [-0.4, -0.2) is 32.0 Å². The summed E-state index contributed by atoms with van der Waals surface area (Å²) in [4.78, 5) is 18.4. The van der Waals surface area contributed by atoms with Gasteiger partial charge in [0.15, 0.2) is 0 Å². The zero-order chi connectivity index (χ0) is 12.3. The van der Waals surface area contributed by atoms with Gasteiger partial charge < -0.3 is 9.63 Å². The molecule has 0 aliphatic carbocycles. The smallest absolute Gasteiger partial charge is 0.314 e. The Morgan fingerprint density at radius 3 is 3.12 bits per heavy atom. The van der Waals surface area contributed by atoms with Gasteiger partial charge in [0.25, 0.3) is 5.22 Å². The first kappa shape index (κ1) is 11.9. The molecule has 0 bridgehead atoms. The molecule has 0 fully saturated rings. The van der Waals surface area contributed by atoms with Gasteiger partial charge in [-0.3, -0.25) is 9.78 Å². The van der Waals surface area contributed by atoms with Gasteiger partial charge in [0.05, 0.1) is 5.02 Å². The van der Waals surface area contributed by atoms with Crippen molar-refractivity contribution in [3.63, 3.8) is 0 Å². The Labute approximate surface area is 105 Å². The topological polar surface area (TPSA) is 89.1 Å². The molecule has 0 amide bonds. The number of halogens is 1. The number of hydrogen-bond acceptors (Lipinski definition) is 6. The van der Waals surface area contributed by atoms with E-state index >= 15 is 0 Å². The fourth-order valence-corrected chi connectivity index (χ4v) is 1.73. The lowest BCUT2D eigenvalue weighted by Gasteiger charge is -1.94. The molecule has 8 heteroatoms. The highest BCUT2D eigenvalue weighted by Crippen LogP contribution is 2.24. The summed E-state index contributed by atoms with van der Waals surface area (Å²) >= 11 is 6.85. The van der Waals surface area contributed by atoms with Crippen molar-refractivity contribution in [1.82, 2.24) is 15.1 Å². The number of hydrogen-bond donors (Lipinski definition) is 1.